The van der Waals surface area contributed by atoms with Gasteiger partial charge in [0.25, 0.3) is 5.91 Å². The predicted molar refractivity (Wildman–Crippen MR) is 130 cm³/mol. The molecule has 2 aromatic carbocycles. The Kier molecular flexibility index (Phi) is 8.52. The number of hydrogen-bond donors (Lipinski definition) is 2. The molecule has 3 rings (SSSR count). The van der Waals surface area contributed by atoms with E-state index in [1.54, 1.807) is 0 Å². The summed E-state index contributed by atoms with van der Waals surface area (Å²) in [5.74, 6) is -1.92. The molecule has 194 valence electrons. The van der Waals surface area contributed by atoms with Crippen LogP contribution in [0.3, 0.4) is 0 Å². The molecule has 1 amide bonds. The quantitative estimate of drug-likeness (QED) is 0.462. The van der Waals surface area contributed by atoms with Crippen molar-refractivity contribution < 1.29 is 23.1 Å². The van der Waals surface area contributed by atoms with Crippen LogP contribution in [0.5, 0.6) is 0 Å². The van der Waals surface area contributed by atoms with Crippen LogP contribution < -0.4 is 5.73 Å². The molecule has 0 saturated carbocycles. The van der Waals surface area contributed by atoms with Gasteiger partial charge >= 0.3 is 0 Å². The number of aliphatic hydroxyl groups is 1. The van der Waals surface area contributed by atoms with Crippen molar-refractivity contribution in [3.05, 3.63) is 71.6 Å². The second kappa shape index (κ2) is 11.2. The number of carbonyl (C=O) groups is 1. The van der Waals surface area contributed by atoms with E-state index in [1.165, 1.54) is 16.5 Å². The topological polar surface area (TPSA) is 97.3 Å². The summed E-state index contributed by atoms with van der Waals surface area (Å²) in [6.45, 7) is 6.30. The van der Waals surface area contributed by atoms with E-state index in [4.69, 9.17) is 5.73 Å². The molecule has 0 spiro atoms. The average molecular weight is 504 g/mol. The molecule has 3 atom stereocenters. The summed E-state index contributed by atoms with van der Waals surface area (Å²) < 4.78 is 44.7. The predicted octanol–water partition coefficient (Wildman–Crippen LogP) is 3.87. The molecule has 10 heteroatoms. The minimum atomic E-state index is -1.55. The van der Waals surface area contributed by atoms with Crippen molar-refractivity contribution in [1.82, 2.24) is 19.7 Å². The van der Waals surface area contributed by atoms with Gasteiger partial charge in [0.15, 0.2) is 11.6 Å². The third kappa shape index (κ3) is 6.30. The van der Waals surface area contributed by atoms with Crippen LogP contribution in [0.4, 0.5) is 13.2 Å². The van der Waals surface area contributed by atoms with Gasteiger partial charge < -0.3 is 15.7 Å². The fraction of sp³-hybridized carbons (Fsp3) is 0.423. The van der Waals surface area contributed by atoms with Crippen LogP contribution in [-0.4, -0.2) is 56.0 Å². The van der Waals surface area contributed by atoms with Crippen molar-refractivity contribution in [3.63, 3.8) is 0 Å². The minimum absolute atomic E-state index is 0.0766. The van der Waals surface area contributed by atoms with E-state index in [9.17, 15) is 23.1 Å². The van der Waals surface area contributed by atoms with Gasteiger partial charge in [0.1, 0.15) is 23.9 Å². The SMILES string of the molecule is C[C@H](O)C(=O)N(C[C@@H](F)CN)[C@@H](c1nc(-c2cc(F)ccc2F)nn1Cc1ccccc1)C(C)(C)C. The molecule has 1 heterocycles. The molecule has 0 saturated heterocycles. The minimum Gasteiger partial charge on any atom is -0.384 e. The van der Waals surface area contributed by atoms with Gasteiger partial charge in [0.2, 0.25) is 0 Å². The number of benzene rings is 2. The van der Waals surface area contributed by atoms with Crippen LogP contribution >= 0.6 is 0 Å². The lowest BCUT2D eigenvalue weighted by atomic mass is 9.84. The number of nitrogens with two attached hydrogens (primary N) is 1. The number of carbonyl (C=O) groups excluding carboxylic acids is 1. The highest BCUT2D eigenvalue weighted by Crippen LogP contribution is 2.39. The Balaban J connectivity index is 2.24. The average Bonchev–Trinajstić information content (AvgIpc) is 3.21. The van der Waals surface area contributed by atoms with Crippen LogP contribution in [0, 0.1) is 17.0 Å². The van der Waals surface area contributed by atoms with E-state index in [0.29, 0.717) is 0 Å². The van der Waals surface area contributed by atoms with E-state index in [-0.39, 0.29) is 36.8 Å². The first-order valence-electron chi connectivity index (χ1n) is 11.7. The zero-order chi connectivity index (χ0) is 26.6. The molecule has 1 aromatic heterocycles. The summed E-state index contributed by atoms with van der Waals surface area (Å²) in [6, 6.07) is 11.4. The summed E-state index contributed by atoms with van der Waals surface area (Å²) >= 11 is 0. The van der Waals surface area contributed by atoms with E-state index in [1.807, 2.05) is 51.1 Å². The van der Waals surface area contributed by atoms with Gasteiger partial charge in [-0.1, -0.05) is 51.1 Å². The van der Waals surface area contributed by atoms with Gasteiger partial charge in [0, 0.05) is 6.54 Å². The lowest BCUT2D eigenvalue weighted by Gasteiger charge is -2.40. The number of amides is 1. The highest BCUT2D eigenvalue weighted by molar-refractivity contribution is 5.80. The zero-order valence-electron chi connectivity index (χ0n) is 20.8. The number of halogens is 3. The largest absolute Gasteiger partial charge is 0.384 e. The van der Waals surface area contributed by atoms with Gasteiger partial charge in [-0.15, -0.1) is 0 Å². The molecule has 0 bridgehead atoms. The van der Waals surface area contributed by atoms with Crippen molar-refractivity contribution in [2.24, 2.45) is 11.1 Å². The molecule has 0 fully saturated rings. The Bertz CT molecular complexity index is 1180. The van der Waals surface area contributed by atoms with E-state index in [2.05, 4.69) is 10.1 Å². The Hall–Kier alpha value is -3.24. The molecule has 3 N–H and O–H groups in total. The van der Waals surface area contributed by atoms with Gasteiger partial charge in [-0.05, 0) is 36.1 Å². The molecule has 36 heavy (non-hydrogen) atoms. The second-order valence-corrected chi connectivity index (χ2v) is 9.83. The van der Waals surface area contributed by atoms with Crippen molar-refractivity contribution in [3.8, 4) is 11.4 Å². The molecule has 3 aromatic rings. The second-order valence-electron chi connectivity index (χ2n) is 9.83. The molecular formula is C26H32F3N5O2. The number of aliphatic hydroxyl groups excluding tert-OH is 1. The maximum absolute atomic E-state index is 14.7. The molecule has 0 unspecified atom stereocenters. The number of alkyl halides is 1. The zero-order valence-corrected chi connectivity index (χ0v) is 20.8. The molecular weight excluding hydrogens is 471 g/mol. The fourth-order valence-electron chi connectivity index (χ4n) is 4.06. The number of aromatic nitrogens is 3. The number of rotatable bonds is 9. The Morgan fingerprint density at radius 1 is 1.17 bits per heavy atom. The lowest BCUT2D eigenvalue weighted by molar-refractivity contribution is -0.146. The Morgan fingerprint density at radius 2 is 1.83 bits per heavy atom. The molecule has 0 aliphatic heterocycles. The highest BCUT2D eigenvalue weighted by Gasteiger charge is 2.40. The maximum atomic E-state index is 14.7. The first kappa shape index (κ1) is 27.3. The van der Waals surface area contributed by atoms with Crippen LogP contribution in [0.15, 0.2) is 48.5 Å². The number of nitrogens with zero attached hydrogens (tertiary/aromatic N) is 4. The Morgan fingerprint density at radius 3 is 2.42 bits per heavy atom. The van der Waals surface area contributed by atoms with Crippen LogP contribution in [0.25, 0.3) is 11.4 Å². The first-order chi connectivity index (χ1) is 16.9. The normalized spacial score (nSPS) is 14.4. The number of hydrogen-bond acceptors (Lipinski definition) is 5. The van der Waals surface area contributed by atoms with Gasteiger partial charge in [-0.2, -0.15) is 5.10 Å². The third-order valence-corrected chi connectivity index (χ3v) is 5.71. The Labute approximate surface area is 208 Å². The summed E-state index contributed by atoms with van der Waals surface area (Å²) in [5, 5.41) is 14.6. The standard InChI is InChI=1S/C26H32F3N5O2/c1-16(35)25(36)33(15-19(28)13-30)22(26(2,3)4)24-31-23(20-12-18(27)10-11-21(20)29)32-34(24)14-17-8-6-5-7-9-17/h5-12,16,19,22,35H,13-15,30H2,1-4H3/t16-,19-,22-/m0/s1. The highest BCUT2D eigenvalue weighted by atomic mass is 19.1. The summed E-state index contributed by atoms with van der Waals surface area (Å²) in [5.41, 5.74) is 5.48. The van der Waals surface area contributed by atoms with E-state index < -0.39 is 41.3 Å². The molecule has 7 nitrogen and oxygen atoms in total. The van der Waals surface area contributed by atoms with Crippen molar-refractivity contribution >= 4 is 5.91 Å². The van der Waals surface area contributed by atoms with Crippen molar-refractivity contribution in [2.75, 3.05) is 13.1 Å². The smallest absolute Gasteiger partial charge is 0.251 e. The third-order valence-electron chi connectivity index (χ3n) is 5.71. The maximum Gasteiger partial charge on any atom is 0.251 e. The van der Waals surface area contributed by atoms with Crippen molar-refractivity contribution in [1.29, 1.82) is 0 Å². The van der Waals surface area contributed by atoms with E-state index in [0.717, 1.165) is 23.8 Å². The van der Waals surface area contributed by atoms with Crippen LogP contribution in [0.1, 0.15) is 45.1 Å². The fourth-order valence-corrected chi connectivity index (χ4v) is 4.06. The van der Waals surface area contributed by atoms with Gasteiger partial charge in [0.05, 0.1) is 24.7 Å². The monoisotopic (exact) mass is 503 g/mol. The summed E-state index contributed by atoms with van der Waals surface area (Å²) in [6.07, 6.45) is -2.96. The van der Waals surface area contributed by atoms with Gasteiger partial charge in [-0.3, -0.25) is 4.79 Å². The van der Waals surface area contributed by atoms with E-state index >= 15 is 0 Å². The molecule has 0 aliphatic carbocycles. The van der Waals surface area contributed by atoms with Crippen LogP contribution in [-0.2, 0) is 11.3 Å². The first-order valence-corrected chi connectivity index (χ1v) is 11.7. The summed E-state index contributed by atoms with van der Waals surface area (Å²) in [4.78, 5) is 18.9. The van der Waals surface area contributed by atoms with Crippen molar-refractivity contribution in [2.45, 2.75) is 52.6 Å². The molecule has 0 aliphatic rings. The molecule has 0 radical (unpaired) electrons. The van der Waals surface area contributed by atoms with Crippen LogP contribution in [0.2, 0.25) is 0 Å². The lowest BCUT2D eigenvalue weighted by Crippen LogP contribution is -2.49. The summed E-state index contributed by atoms with van der Waals surface area (Å²) in [7, 11) is 0. The van der Waals surface area contributed by atoms with Gasteiger partial charge in [-0.25, -0.2) is 22.8 Å².